The monoisotopic (exact) mass is 414 g/mol. The van der Waals surface area contributed by atoms with Crippen molar-refractivity contribution in [1.29, 1.82) is 0 Å². The van der Waals surface area contributed by atoms with Crippen LogP contribution in [0.4, 0.5) is 5.69 Å². The molecule has 1 atom stereocenters. The van der Waals surface area contributed by atoms with Crippen LogP contribution in [-0.2, 0) is 6.42 Å². The van der Waals surface area contributed by atoms with Gasteiger partial charge in [-0.05, 0) is 37.1 Å². The molecule has 1 radical (unpaired) electrons. The molecule has 0 saturated carbocycles. The summed E-state index contributed by atoms with van der Waals surface area (Å²) in [6.45, 7) is 3.71. The largest absolute Gasteiger partial charge is 0.480 e. The van der Waals surface area contributed by atoms with Gasteiger partial charge in [-0.2, -0.15) is 0 Å². The van der Waals surface area contributed by atoms with E-state index < -0.39 is 11.7 Å². The van der Waals surface area contributed by atoms with E-state index in [9.17, 15) is 9.59 Å². The van der Waals surface area contributed by atoms with Gasteiger partial charge in [-0.3, -0.25) is 4.79 Å². The van der Waals surface area contributed by atoms with Crippen LogP contribution in [0.2, 0.25) is 0 Å². The Bertz CT molecular complexity index is 1490. The van der Waals surface area contributed by atoms with Crippen LogP contribution in [0.5, 0.6) is 5.75 Å². The maximum Gasteiger partial charge on any atom is 0.344 e. The van der Waals surface area contributed by atoms with E-state index in [0.29, 0.717) is 45.7 Å². The average molecular weight is 414 g/mol. The minimum atomic E-state index is -0.632. The summed E-state index contributed by atoms with van der Waals surface area (Å²) in [4.78, 5) is 25.2. The summed E-state index contributed by atoms with van der Waals surface area (Å²) in [5, 5.41) is 0.803. The first kappa shape index (κ1) is 19.2. The summed E-state index contributed by atoms with van der Waals surface area (Å²) in [5.74, 6) is 0.955. The predicted octanol–water partition coefficient (Wildman–Crippen LogP) is 4.69. The van der Waals surface area contributed by atoms with E-state index in [2.05, 4.69) is 6.07 Å². The number of hydrogen-bond donors (Lipinski definition) is 1. The maximum absolute atomic E-state index is 12.9. The Morgan fingerprint density at radius 1 is 1.10 bits per heavy atom. The summed E-state index contributed by atoms with van der Waals surface area (Å²) in [6, 6.07) is 11.7. The normalized spacial score (nSPS) is 15.2. The van der Waals surface area contributed by atoms with Crippen molar-refractivity contribution in [2.24, 2.45) is 0 Å². The van der Waals surface area contributed by atoms with Gasteiger partial charge in [0.2, 0.25) is 0 Å². The van der Waals surface area contributed by atoms with Gasteiger partial charge in [0.25, 0.3) is 0 Å². The van der Waals surface area contributed by atoms with Crippen molar-refractivity contribution < 1.29 is 13.6 Å². The van der Waals surface area contributed by atoms with Gasteiger partial charge in [0, 0.05) is 17.3 Å². The second-order valence-corrected chi connectivity index (χ2v) is 7.64. The third-order valence-electron chi connectivity index (χ3n) is 5.48. The second kappa shape index (κ2) is 7.16. The first-order valence-corrected chi connectivity index (χ1v) is 10.2. The number of hydrogen-bond acceptors (Lipinski definition) is 6. The molecule has 6 nitrogen and oxygen atoms in total. The van der Waals surface area contributed by atoms with E-state index in [4.69, 9.17) is 19.3 Å². The average Bonchev–Trinajstić information content (AvgIpc) is 2.73. The quantitative estimate of drug-likeness (QED) is 0.297. The summed E-state index contributed by atoms with van der Waals surface area (Å²) in [7, 11) is 0. The lowest BCUT2D eigenvalue weighted by Crippen LogP contribution is -2.14. The summed E-state index contributed by atoms with van der Waals surface area (Å²) in [6.07, 6.45) is 4.69. The number of nitrogen functional groups attached to an aromatic ring is 1. The molecule has 155 valence electrons. The topological polar surface area (TPSA) is 95.7 Å². The Kier molecular flexibility index (Phi) is 4.43. The van der Waals surface area contributed by atoms with Gasteiger partial charge in [-0.25, -0.2) is 4.79 Å². The maximum atomic E-state index is 12.9. The molecule has 0 fully saturated rings. The lowest BCUT2D eigenvalue weighted by atomic mass is 9.95. The Hall–Kier alpha value is -3.80. The molecular formula is C25H20NO5. The van der Waals surface area contributed by atoms with E-state index in [-0.39, 0.29) is 16.4 Å². The number of aryl methyl sites for hydroxylation is 2. The van der Waals surface area contributed by atoms with Gasteiger partial charge < -0.3 is 19.3 Å². The number of ether oxygens (including phenoxy) is 1. The van der Waals surface area contributed by atoms with Crippen molar-refractivity contribution >= 4 is 33.7 Å². The number of nitrogens with two attached hydrogens (primary N) is 1. The lowest BCUT2D eigenvalue weighted by molar-refractivity contribution is 0.255. The van der Waals surface area contributed by atoms with Gasteiger partial charge >= 0.3 is 5.63 Å². The highest BCUT2D eigenvalue weighted by Gasteiger charge is 2.28. The van der Waals surface area contributed by atoms with Gasteiger partial charge in [0.15, 0.2) is 16.6 Å². The predicted molar refractivity (Wildman–Crippen MR) is 119 cm³/mol. The summed E-state index contributed by atoms with van der Waals surface area (Å²) in [5.41, 5.74) is 8.49. The molecule has 0 aliphatic carbocycles. The molecule has 6 heteroatoms. The summed E-state index contributed by atoms with van der Waals surface area (Å²) >= 11 is 0. The number of fused-ring (bicyclic) bond motifs is 6. The molecule has 4 aromatic rings. The fourth-order valence-corrected chi connectivity index (χ4v) is 4.16. The van der Waals surface area contributed by atoms with Crippen LogP contribution in [0.3, 0.4) is 0 Å². The van der Waals surface area contributed by atoms with Crippen LogP contribution < -0.4 is 21.5 Å². The SMILES string of the molecule is CCCc1[c]c(=O)oc2c1c1c(c3oc(C)cc(=O)c32)C=CC(c2ccccc2N)O1. The van der Waals surface area contributed by atoms with E-state index >= 15 is 0 Å². The second-order valence-electron chi connectivity index (χ2n) is 7.64. The molecular weight excluding hydrogens is 394 g/mol. The molecule has 1 aliphatic heterocycles. The van der Waals surface area contributed by atoms with Crippen molar-refractivity contribution in [2.45, 2.75) is 32.8 Å². The third-order valence-corrected chi connectivity index (χ3v) is 5.48. The molecule has 1 aliphatic rings. The van der Waals surface area contributed by atoms with E-state index in [0.717, 1.165) is 12.0 Å². The zero-order valence-corrected chi connectivity index (χ0v) is 17.2. The standard InChI is InChI=1S/C25H20NO5/c1-3-6-14-12-20(28)31-25-21(14)23-16(24-22(25)18(27)11-13(2)29-24)9-10-19(30-23)15-7-4-5-8-17(15)26/h4-5,7-11,19H,3,6,26H2,1-2H3. The Morgan fingerprint density at radius 3 is 2.68 bits per heavy atom. The fraction of sp³-hybridized carbons (Fsp3) is 0.200. The van der Waals surface area contributed by atoms with E-state index in [1.165, 1.54) is 6.07 Å². The Labute approximate surface area is 177 Å². The van der Waals surface area contributed by atoms with E-state index in [1.54, 1.807) is 6.92 Å². The van der Waals surface area contributed by atoms with E-state index in [1.807, 2.05) is 43.3 Å². The molecule has 2 aromatic carbocycles. The summed E-state index contributed by atoms with van der Waals surface area (Å²) < 4.78 is 17.9. The molecule has 3 heterocycles. The first-order chi connectivity index (χ1) is 15.0. The molecule has 0 saturated heterocycles. The number of anilines is 1. The highest BCUT2D eigenvalue weighted by atomic mass is 16.5. The highest BCUT2D eigenvalue weighted by molar-refractivity contribution is 6.10. The van der Waals surface area contributed by atoms with Gasteiger partial charge in [-0.15, -0.1) is 0 Å². The first-order valence-electron chi connectivity index (χ1n) is 10.2. The molecule has 2 N–H and O–H groups in total. The van der Waals surface area contributed by atoms with Crippen LogP contribution in [0.1, 0.15) is 41.9 Å². The molecule has 2 aromatic heterocycles. The van der Waals surface area contributed by atoms with Crippen molar-refractivity contribution in [1.82, 2.24) is 0 Å². The van der Waals surface area contributed by atoms with Gasteiger partial charge in [0.05, 0.1) is 17.0 Å². The van der Waals surface area contributed by atoms with Crippen LogP contribution in [-0.4, -0.2) is 0 Å². The number of benzene rings is 2. The highest BCUT2D eigenvalue weighted by Crippen LogP contribution is 2.44. The molecule has 1 unspecified atom stereocenters. The van der Waals surface area contributed by atoms with Crippen molar-refractivity contribution in [3.05, 3.63) is 85.6 Å². The molecule has 0 spiro atoms. The Morgan fingerprint density at radius 2 is 1.90 bits per heavy atom. The number of para-hydroxylation sites is 1. The smallest absolute Gasteiger partial charge is 0.344 e. The molecule has 0 amide bonds. The third kappa shape index (κ3) is 3.03. The van der Waals surface area contributed by atoms with Crippen molar-refractivity contribution in [3.63, 3.8) is 0 Å². The lowest BCUT2D eigenvalue weighted by Gasteiger charge is -2.25. The minimum absolute atomic E-state index is 0.171. The Balaban J connectivity index is 1.91. The van der Waals surface area contributed by atoms with Crippen LogP contribution in [0.15, 0.2) is 54.8 Å². The number of rotatable bonds is 3. The van der Waals surface area contributed by atoms with Crippen LogP contribution in [0, 0.1) is 13.0 Å². The van der Waals surface area contributed by atoms with Crippen LogP contribution >= 0.6 is 0 Å². The van der Waals surface area contributed by atoms with Crippen molar-refractivity contribution in [2.75, 3.05) is 5.73 Å². The zero-order chi connectivity index (χ0) is 21.7. The van der Waals surface area contributed by atoms with Gasteiger partial charge in [-0.1, -0.05) is 31.5 Å². The van der Waals surface area contributed by atoms with Gasteiger partial charge in [0.1, 0.15) is 23.0 Å². The molecule has 0 bridgehead atoms. The zero-order valence-electron chi connectivity index (χ0n) is 17.2. The minimum Gasteiger partial charge on any atom is -0.480 e. The molecule has 31 heavy (non-hydrogen) atoms. The van der Waals surface area contributed by atoms with Crippen LogP contribution in [0.25, 0.3) is 28.0 Å². The van der Waals surface area contributed by atoms with Crippen molar-refractivity contribution in [3.8, 4) is 5.75 Å². The fourth-order valence-electron chi connectivity index (χ4n) is 4.16. The molecule has 5 rings (SSSR count).